The van der Waals surface area contributed by atoms with Gasteiger partial charge >= 0.3 is 11.7 Å². The Balaban J connectivity index is 1.96. The molecule has 112 valence electrons. The van der Waals surface area contributed by atoms with Crippen molar-refractivity contribution in [2.24, 2.45) is 0 Å². The molecule has 1 aliphatic carbocycles. The molecule has 0 radical (unpaired) electrons. The summed E-state index contributed by atoms with van der Waals surface area (Å²) in [5, 5.41) is 10.3. The van der Waals surface area contributed by atoms with E-state index in [2.05, 4.69) is 15.5 Å². The van der Waals surface area contributed by atoms with Crippen molar-refractivity contribution in [2.45, 2.75) is 50.5 Å². The minimum atomic E-state index is -0.357. The van der Waals surface area contributed by atoms with Crippen LogP contribution in [0.2, 0.25) is 0 Å². The zero-order valence-electron chi connectivity index (χ0n) is 11.7. The van der Waals surface area contributed by atoms with Crippen LogP contribution >= 0.6 is 11.8 Å². The fourth-order valence-corrected chi connectivity index (χ4v) is 2.84. The van der Waals surface area contributed by atoms with E-state index in [9.17, 15) is 9.59 Å². The van der Waals surface area contributed by atoms with E-state index in [0.717, 1.165) is 12.8 Å². The molecular formula is C12H20N4O3S. The van der Waals surface area contributed by atoms with Crippen LogP contribution in [0.15, 0.2) is 9.95 Å². The Labute approximate surface area is 121 Å². The summed E-state index contributed by atoms with van der Waals surface area (Å²) in [6, 6.07) is 0.0575. The van der Waals surface area contributed by atoms with Gasteiger partial charge in [0, 0.05) is 18.3 Å². The van der Waals surface area contributed by atoms with Crippen LogP contribution in [0, 0.1) is 0 Å². The summed E-state index contributed by atoms with van der Waals surface area (Å²) >= 11 is 1.38. The molecule has 1 heterocycles. The number of aromatic amines is 1. The number of hydrogen-bond acceptors (Lipinski definition) is 6. The van der Waals surface area contributed by atoms with Gasteiger partial charge < -0.3 is 10.1 Å². The van der Waals surface area contributed by atoms with Gasteiger partial charge in [-0.05, 0) is 26.7 Å². The van der Waals surface area contributed by atoms with Gasteiger partial charge in [-0.3, -0.25) is 9.36 Å². The maximum Gasteiger partial charge on any atom is 0.343 e. The maximum absolute atomic E-state index is 11.9. The second kappa shape index (κ2) is 6.94. The quantitative estimate of drug-likeness (QED) is 0.532. The minimum absolute atomic E-state index is 0.224. The van der Waals surface area contributed by atoms with Crippen LogP contribution in [0.5, 0.6) is 0 Å². The third kappa shape index (κ3) is 3.86. The van der Waals surface area contributed by atoms with E-state index in [-0.39, 0.29) is 17.7 Å². The highest BCUT2D eigenvalue weighted by Gasteiger charge is 2.29. The molecule has 0 bridgehead atoms. The lowest BCUT2D eigenvalue weighted by Crippen LogP contribution is -2.41. The first kappa shape index (κ1) is 15.1. The lowest BCUT2D eigenvalue weighted by atomic mass is 10.3. The number of carbonyl (C=O) groups is 1. The van der Waals surface area contributed by atoms with Crippen molar-refractivity contribution in [1.29, 1.82) is 0 Å². The lowest BCUT2D eigenvalue weighted by molar-refractivity contribution is -0.145. The number of nitrogens with one attached hydrogen (secondary N) is 2. The van der Waals surface area contributed by atoms with Crippen LogP contribution in [0.3, 0.4) is 0 Å². The predicted molar refractivity (Wildman–Crippen MR) is 75.8 cm³/mol. The average molecular weight is 300 g/mol. The molecule has 1 saturated carbocycles. The standard InChI is InChI=1S/C12H20N4O3S/c1-3-16-11(18)14-15-12(16)20-7-9(10(17)19-4-2)13-8-5-6-8/h8-9,13H,3-7H2,1-2H3,(H,14,18). The fourth-order valence-electron chi connectivity index (χ4n) is 1.81. The van der Waals surface area contributed by atoms with Gasteiger partial charge in [0.05, 0.1) is 6.61 Å². The second-order valence-corrected chi connectivity index (χ2v) is 5.60. The molecule has 7 nitrogen and oxygen atoms in total. The molecule has 0 amide bonds. The minimum Gasteiger partial charge on any atom is -0.465 e. The molecule has 1 aromatic heterocycles. The second-order valence-electron chi connectivity index (χ2n) is 4.61. The van der Waals surface area contributed by atoms with Gasteiger partial charge in [-0.25, -0.2) is 9.89 Å². The Morgan fingerprint density at radius 1 is 1.60 bits per heavy atom. The van der Waals surface area contributed by atoms with E-state index in [1.54, 1.807) is 11.5 Å². The number of thioether (sulfide) groups is 1. The average Bonchev–Trinajstić information content (AvgIpc) is 3.17. The first-order chi connectivity index (χ1) is 9.65. The number of carbonyl (C=O) groups excluding carboxylic acids is 1. The SMILES string of the molecule is CCOC(=O)C(CSc1n[nH]c(=O)n1CC)NC1CC1. The zero-order valence-corrected chi connectivity index (χ0v) is 12.5. The van der Waals surface area contributed by atoms with Crippen LogP contribution in [-0.4, -0.2) is 45.2 Å². The highest BCUT2D eigenvalue weighted by Crippen LogP contribution is 2.22. The number of hydrogen-bond donors (Lipinski definition) is 2. The number of H-pyrrole nitrogens is 1. The summed E-state index contributed by atoms with van der Waals surface area (Å²) in [7, 11) is 0. The van der Waals surface area contributed by atoms with E-state index < -0.39 is 0 Å². The molecule has 20 heavy (non-hydrogen) atoms. The molecule has 0 aromatic carbocycles. The number of aromatic nitrogens is 3. The third-order valence-electron chi connectivity index (χ3n) is 3.00. The molecule has 0 saturated heterocycles. The summed E-state index contributed by atoms with van der Waals surface area (Å²) in [6.07, 6.45) is 2.20. The Kier molecular flexibility index (Phi) is 5.24. The predicted octanol–water partition coefficient (Wildman–Crippen LogP) is 0.367. The van der Waals surface area contributed by atoms with Crippen molar-refractivity contribution in [3.63, 3.8) is 0 Å². The Bertz CT molecular complexity index is 509. The molecule has 1 unspecified atom stereocenters. The Hall–Kier alpha value is -1.28. The van der Waals surface area contributed by atoms with Crippen LogP contribution in [0.25, 0.3) is 0 Å². The van der Waals surface area contributed by atoms with E-state index in [1.807, 2.05) is 6.92 Å². The van der Waals surface area contributed by atoms with Gasteiger partial charge in [-0.15, -0.1) is 5.10 Å². The zero-order chi connectivity index (χ0) is 14.5. The molecule has 0 spiro atoms. The van der Waals surface area contributed by atoms with Crippen LogP contribution < -0.4 is 11.0 Å². The van der Waals surface area contributed by atoms with Crippen LogP contribution in [0.4, 0.5) is 0 Å². The van der Waals surface area contributed by atoms with Gasteiger partial charge in [0.1, 0.15) is 6.04 Å². The highest BCUT2D eigenvalue weighted by atomic mass is 32.2. The molecule has 8 heteroatoms. The summed E-state index contributed by atoms with van der Waals surface area (Å²) in [5.74, 6) is 0.257. The van der Waals surface area contributed by atoms with Gasteiger partial charge in [0.15, 0.2) is 5.16 Å². The largest absolute Gasteiger partial charge is 0.465 e. The van der Waals surface area contributed by atoms with Crippen molar-refractivity contribution < 1.29 is 9.53 Å². The molecule has 2 N–H and O–H groups in total. The normalized spacial score (nSPS) is 16.1. The molecular weight excluding hydrogens is 280 g/mol. The van der Waals surface area contributed by atoms with E-state index in [0.29, 0.717) is 30.1 Å². The first-order valence-electron chi connectivity index (χ1n) is 6.86. The Morgan fingerprint density at radius 2 is 2.35 bits per heavy atom. The van der Waals surface area contributed by atoms with Crippen molar-refractivity contribution >= 4 is 17.7 Å². The van der Waals surface area contributed by atoms with Gasteiger partial charge in [0.25, 0.3) is 0 Å². The summed E-state index contributed by atoms with van der Waals surface area (Å²) < 4.78 is 6.62. The highest BCUT2D eigenvalue weighted by molar-refractivity contribution is 7.99. The van der Waals surface area contributed by atoms with Crippen molar-refractivity contribution in [3.05, 3.63) is 10.5 Å². The van der Waals surface area contributed by atoms with E-state index in [1.165, 1.54) is 11.8 Å². The molecule has 1 atom stereocenters. The van der Waals surface area contributed by atoms with Gasteiger partial charge in [-0.1, -0.05) is 11.8 Å². The van der Waals surface area contributed by atoms with Crippen molar-refractivity contribution in [1.82, 2.24) is 20.1 Å². The number of esters is 1. The molecule has 2 rings (SSSR count). The Morgan fingerprint density at radius 3 is 2.95 bits per heavy atom. The molecule has 1 aromatic rings. The monoisotopic (exact) mass is 300 g/mol. The first-order valence-corrected chi connectivity index (χ1v) is 7.85. The third-order valence-corrected chi connectivity index (χ3v) is 4.07. The van der Waals surface area contributed by atoms with Crippen molar-refractivity contribution in [3.8, 4) is 0 Å². The smallest absolute Gasteiger partial charge is 0.343 e. The summed E-state index contributed by atoms with van der Waals surface area (Å²) in [5.41, 5.74) is -0.224. The molecule has 0 aliphatic heterocycles. The number of nitrogens with zero attached hydrogens (tertiary/aromatic N) is 2. The topological polar surface area (TPSA) is 89.0 Å². The van der Waals surface area contributed by atoms with E-state index in [4.69, 9.17) is 4.74 Å². The van der Waals surface area contributed by atoms with E-state index >= 15 is 0 Å². The summed E-state index contributed by atoms with van der Waals surface area (Å²) in [6.45, 7) is 4.60. The molecule has 1 fully saturated rings. The van der Waals surface area contributed by atoms with Gasteiger partial charge in [0.2, 0.25) is 0 Å². The maximum atomic E-state index is 11.9. The van der Waals surface area contributed by atoms with Gasteiger partial charge in [-0.2, -0.15) is 0 Å². The van der Waals surface area contributed by atoms with Crippen LogP contribution in [-0.2, 0) is 16.1 Å². The fraction of sp³-hybridized carbons (Fsp3) is 0.750. The molecule has 1 aliphatic rings. The lowest BCUT2D eigenvalue weighted by Gasteiger charge is -2.16. The summed E-state index contributed by atoms with van der Waals surface area (Å²) in [4.78, 5) is 23.4. The number of rotatable bonds is 8. The van der Waals surface area contributed by atoms with Crippen molar-refractivity contribution in [2.75, 3.05) is 12.4 Å². The van der Waals surface area contributed by atoms with Crippen LogP contribution in [0.1, 0.15) is 26.7 Å². The number of ether oxygens (including phenoxy) is 1.